The van der Waals surface area contributed by atoms with Crippen molar-refractivity contribution < 1.29 is 28.5 Å². The molecule has 0 spiro atoms. The van der Waals surface area contributed by atoms with Crippen LogP contribution in [0.5, 0.6) is 0 Å². The number of rotatable bonds is 2. The second-order valence-corrected chi connectivity index (χ2v) is 5.52. The molecule has 0 aliphatic carbocycles. The van der Waals surface area contributed by atoms with Crippen molar-refractivity contribution in [3.8, 4) is 0 Å². The van der Waals surface area contributed by atoms with Crippen LogP contribution in [0, 0.1) is 0 Å². The van der Waals surface area contributed by atoms with E-state index in [2.05, 4.69) is 5.32 Å². The van der Waals surface area contributed by atoms with Crippen LogP contribution in [0.25, 0.3) is 0 Å². The largest absolute Gasteiger partial charge is 0.375 e. The lowest BCUT2D eigenvalue weighted by molar-refractivity contribution is -0.210. The van der Waals surface area contributed by atoms with E-state index in [-0.39, 0.29) is 30.4 Å². The molecule has 1 N–H and O–H groups in total. The van der Waals surface area contributed by atoms with Crippen LogP contribution in [0.4, 0.5) is 0 Å². The maximum absolute atomic E-state index is 11.6. The van der Waals surface area contributed by atoms with Gasteiger partial charge in [0.05, 0.1) is 6.42 Å². The molecule has 4 atom stereocenters. The van der Waals surface area contributed by atoms with Crippen molar-refractivity contribution in [1.29, 1.82) is 0 Å². The Kier molecular flexibility index (Phi) is 3.17. The molecule has 0 aromatic heterocycles. The van der Waals surface area contributed by atoms with Crippen molar-refractivity contribution in [2.24, 2.45) is 0 Å². The summed E-state index contributed by atoms with van der Waals surface area (Å²) < 4.78 is 22.5. The summed E-state index contributed by atoms with van der Waals surface area (Å²) in [5.41, 5.74) is 0.390. The van der Waals surface area contributed by atoms with E-state index >= 15 is 0 Å². The normalized spacial score (nSPS) is 41.2. The zero-order valence-electron chi connectivity index (χ0n) is 11.5. The average Bonchev–Trinajstić information content (AvgIpc) is 2.89. The van der Waals surface area contributed by atoms with Crippen molar-refractivity contribution in [3.63, 3.8) is 0 Å². The Morgan fingerprint density at radius 1 is 1.35 bits per heavy atom. The Morgan fingerprint density at radius 3 is 2.70 bits per heavy atom. The molecule has 3 saturated heterocycles. The monoisotopic (exact) mass is 283 g/mol. The second kappa shape index (κ2) is 4.63. The van der Waals surface area contributed by atoms with Gasteiger partial charge in [-0.3, -0.25) is 14.9 Å². The number of nitrogens with one attached hydrogen (secondary N) is 1. The smallest absolute Gasteiger partial charge is 0.254 e. The molecule has 20 heavy (non-hydrogen) atoms. The summed E-state index contributed by atoms with van der Waals surface area (Å²) in [6.45, 7) is 3.61. The lowest BCUT2D eigenvalue weighted by Crippen LogP contribution is -2.35. The number of methoxy groups -OCH3 is 1. The Balaban J connectivity index is 1.78. The average molecular weight is 283 g/mol. The molecule has 7 nitrogen and oxygen atoms in total. The number of carbonyl (C=O) groups is 2. The van der Waals surface area contributed by atoms with E-state index < -0.39 is 18.2 Å². The molecule has 3 aliphatic heterocycles. The Morgan fingerprint density at radius 2 is 2.10 bits per heavy atom. The minimum atomic E-state index is -0.717. The molecule has 4 unspecified atom stereocenters. The number of carbonyl (C=O) groups excluding carboxylic acids is 2. The molecule has 3 aliphatic rings. The van der Waals surface area contributed by atoms with Crippen LogP contribution in [0.3, 0.4) is 0 Å². The summed E-state index contributed by atoms with van der Waals surface area (Å²) in [4.78, 5) is 22.7. The van der Waals surface area contributed by atoms with Crippen molar-refractivity contribution in [2.75, 3.05) is 7.11 Å². The quantitative estimate of drug-likeness (QED) is 0.560. The molecule has 3 heterocycles. The van der Waals surface area contributed by atoms with E-state index in [0.717, 1.165) is 0 Å². The molecule has 0 saturated carbocycles. The summed E-state index contributed by atoms with van der Waals surface area (Å²) >= 11 is 0. The van der Waals surface area contributed by atoms with Gasteiger partial charge in [-0.1, -0.05) is 0 Å². The lowest BCUT2D eigenvalue weighted by atomic mass is 10.1. The molecular formula is C13H17NO6. The van der Waals surface area contributed by atoms with Gasteiger partial charge >= 0.3 is 0 Å². The molecule has 7 heteroatoms. The van der Waals surface area contributed by atoms with Gasteiger partial charge in [-0.15, -0.1) is 0 Å². The second-order valence-electron chi connectivity index (χ2n) is 5.52. The maximum Gasteiger partial charge on any atom is 0.254 e. The van der Waals surface area contributed by atoms with Gasteiger partial charge in [-0.2, -0.15) is 0 Å². The summed E-state index contributed by atoms with van der Waals surface area (Å²) in [7, 11) is 1.55. The van der Waals surface area contributed by atoms with Gasteiger partial charge in [-0.25, -0.2) is 0 Å². The topological polar surface area (TPSA) is 83.1 Å². The van der Waals surface area contributed by atoms with E-state index in [0.29, 0.717) is 5.57 Å². The van der Waals surface area contributed by atoms with Crippen LogP contribution < -0.4 is 5.32 Å². The minimum absolute atomic E-state index is 0.0671. The molecule has 0 bridgehead atoms. The lowest BCUT2D eigenvalue weighted by Gasteiger charge is -2.23. The van der Waals surface area contributed by atoms with E-state index in [4.69, 9.17) is 18.9 Å². The van der Waals surface area contributed by atoms with E-state index in [1.165, 1.54) is 0 Å². The first-order valence-corrected chi connectivity index (χ1v) is 6.48. The van der Waals surface area contributed by atoms with Gasteiger partial charge in [0.2, 0.25) is 5.91 Å². The van der Waals surface area contributed by atoms with Gasteiger partial charge in [0.15, 0.2) is 12.1 Å². The number of hydrogen-bond acceptors (Lipinski definition) is 6. The zero-order valence-corrected chi connectivity index (χ0v) is 11.5. The third-order valence-electron chi connectivity index (χ3n) is 3.56. The fourth-order valence-electron chi connectivity index (χ4n) is 2.74. The Labute approximate surface area is 116 Å². The van der Waals surface area contributed by atoms with Crippen LogP contribution >= 0.6 is 0 Å². The zero-order chi connectivity index (χ0) is 14.5. The summed E-state index contributed by atoms with van der Waals surface area (Å²) in [5.74, 6) is -1.40. The predicted molar refractivity (Wildman–Crippen MR) is 65.3 cm³/mol. The van der Waals surface area contributed by atoms with Crippen molar-refractivity contribution >= 4 is 11.8 Å². The Bertz CT molecular complexity index is 485. The molecule has 2 amide bonds. The van der Waals surface area contributed by atoms with E-state index in [9.17, 15) is 9.59 Å². The Hall–Kier alpha value is -1.28. The molecule has 3 rings (SSSR count). The predicted octanol–water partition coefficient (Wildman–Crippen LogP) is -0.149. The highest BCUT2D eigenvalue weighted by Gasteiger charge is 2.54. The van der Waals surface area contributed by atoms with Crippen LogP contribution in [0.2, 0.25) is 0 Å². The first-order valence-electron chi connectivity index (χ1n) is 6.48. The van der Waals surface area contributed by atoms with Crippen LogP contribution in [-0.2, 0) is 28.5 Å². The van der Waals surface area contributed by atoms with Crippen molar-refractivity contribution in [1.82, 2.24) is 5.32 Å². The highest BCUT2D eigenvalue weighted by Crippen LogP contribution is 2.39. The highest BCUT2D eigenvalue weighted by atomic mass is 16.8. The third-order valence-corrected chi connectivity index (χ3v) is 3.56. The number of amides is 2. The fourth-order valence-corrected chi connectivity index (χ4v) is 2.74. The number of imide groups is 1. The number of ether oxygens (including phenoxy) is 4. The summed E-state index contributed by atoms with van der Waals surface area (Å²) in [6.07, 6.45) is -0.0473. The summed E-state index contributed by atoms with van der Waals surface area (Å²) in [6, 6.07) is 0. The van der Waals surface area contributed by atoms with Gasteiger partial charge < -0.3 is 18.9 Å². The number of fused-ring (bicyclic) bond motifs is 1. The molecule has 110 valence electrons. The first-order chi connectivity index (χ1) is 9.39. The summed E-state index contributed by atoms with van der Waals surface area (Å²) in [5, 5.41) is 2.23. The molecular weight excluding hydrogens is 266 g/mol. The van der Waals surface area contributed by atoms with E-state index in [1.54, 1.807) is 27.0 Å². The van der Waals surface area contributed by atoms with Gasteiger partial charge in [-0.05, 0) is 19.9 Å². The van der Waals surface area contributed by atoms with Gasteiger partial charge in [0.1, 0.15) is 18.3 Å². The fraction of sp³-hybridized carbons (Fsp3) is 0.692. The minimum Gasteiger partial charge on any atom is -0.375 e. The molecule has 0 aromatic rings. The standard InChI is InChI=1S/C13H17NO6/c1-13(2)19-10-9(17-3)7(18-12(10)20-13)4-6-5-8(15)14-11(6)16/h4,7,9-10,12H,5H2,1-3H3,(H,14,15,16). The highest BCUT2D eigenvalue weighted by molar-refractivity contribution is 6.13. The van der Waals surface area contributed by atoms with E-state index in [1.807, 2.05) is 0 Å². The van der Waals surface area contributed by atoms with Gasteiger partial charge in [0, 0.05) is 12.7 Å². The maximum atomic E-state index is 11.6. The SMILES string of the molecule is COC1C(C=C2CC(=O)NC2=O)OC2OC(C)(C)OC21. The van der Waals surface area contributed by atoms with Crippen LogP contribution in [0.15, 0.2) is 11.6 Å². The third kappa shape index (κ3) is 2.26. The van der Waals surface area contributed by atoms with Crippen molar-refractivity contribution in [2.45, 2.75) is 50.7 Å². The molecule has 3 fully saturated rings. The molecule has 0 aromatic carbocycles. The van der Waals surface area contributed by atoms with Crippen LogP contribution in [-0.4, -0.2) is 49.3 Å². The number of hydrogen-bond donors (Lipinski definition) is 1. The van der Waals surface area contributed by atoms with Gasteiger partial charge in [0.25, 0.3) is 5.91 Å². The first kappa shape index (κ1) is 13.7. The van der Waals surface area contributed by atoms with Crippen molar-refractivity contribution in [3.05, 3.63) is 11.6 Å². The molecule has 0 radical (unpaired) electrons. The van der Waals surface area contributed by atoms with Crippen LogP contribution in [0.1, 0.15) is 20.3 Å².